The first-order chi connectivity index (χ1) is 17.0. The minimum Gasteiger partial charge on any atom is -0.494 e. The van der Waals surface area contributed by atoms with Gasteiger partial charge in [0.2, 0.25) is 5.75 Å². The molecule has 0 bridgehead atoms. The smallest absolute Gasteiger partial charge is 0.294 e. The second-order valence-electron chi connectivity index (χ2n) is 8.98. The van der Waals surface area contributed by atoms with E-state index >= 15 is 0 Å². The summed E-state index contributed by atoms with van der Waals surface area (Å²) in [4.78, 5) is 16.0. The highest BCUT2D eigenvalue weighted by atomic mass is 16.5. The number of nitrogens with one attached hydrogen (secondary N) is 1. The molecule has 1 aromatic heterocycles. The molecular formula is C30H37NO4. The molecule has 0 saturated carbocycles. The Bertz CT molecular complexity index is 1200. The highest BCUT2D eigenvalue weighted by Crippen LogP contribution is 2.34. The second-order valence-corrected chi connectivity index (χ2v) is 8.98. The van der Waals surface area contributed by atoms with Crippen LogP contribution < -0.4 is 19.8 Å². The van der Waals surface area contributed by atoms with Gasteiger partial charge in [0.25, 0.3) is 5.56 Å². The molecule has 3 rings (SSSR count). The van der Waals surface area contributed by atoms with Gasteiger partial charge in [-0.15, -0.1) is 0 Å². The summed E-state index contributed by atoms with van der Waals surface area (Å²) in [5.74, 6) is 1.37. The van der Waals surface area contributed by atoms with Gasteiger partial charge < -0.3 is 19.2 Å². The number of unbranched alkanes of at least 4 members (excludes halogenated alkanes) is 1. The van der Waals surface area contributed by atoms with Crippen molar-refractivity contribution in [2.24, 2.45) is 0 Å². The molecule has 1 N–H and O–H groups in total. The van der Waals surface area contributed by atoms with Gasteiger partial charge >= 0.3 is 0 Å². The van der Waals surface area contributed by atoms with Gasteiger partial charge in [0.1, 0.15) is 19.0 Å². The van der Waals surface area contributed by atoms with Crippen LogP contribution in [0.15, 0.2) is 76.6 Å². The zero-order chi connectivity index (χ0) is 25.0. The Morgan fingerprint density at radius 3 is 2.49 bits per heavy atom. The summed E-state index contributed by atoms with van der Waals surface area (Å²) in [5.41, 5.74) is 3.89. The van der Waals surface area contributed by atoms with Crippen LogP contribution in [0.25, 0.3) is 10.9 Å². The summed E-state index contributed by atoms with van der Waals surface area (Å²) in [5, 5.41) is 0.783. The normalized spacial score (nSPS) is 11.4. The van der Waals surface area contributed by atoms with Crippen molar-refractivity contribution in [3.8, 4) is 17.2 Å². The van der Waals surface area contributed by atoms with Crippen molar-refractivity contribution < 1.29 is 14.2 Å². The van der Waals surface area contributed by atoms with Crippen molar-refractivity contribution in [3.63, 3.8) is 0 Å². The first kappa shape index (κ1) is 26.1. The molecule has 1 heterocycles. The minimum absolute atomic E-state index is 0.191. The van der Waals surface area contributed by atoms with Crippen LogP contribution in [-0.4, -0.2) is 18.2 Å². The van der Waals surface area contributed by atoms with Crippen LogP contribution in [0.5, 0.6) is 17.2 Å². The van der Waals surface area contributed by atoms with E-state index in [1.54, 1.807) is 0 Å². The van der Waals surface area contributed by atoms with E-state index in [0.717, 1.165) is 42.4 Å². The van der Waals surface area contributed by atoms with E-state index in [1.165, 1.54) is 11.1 Å². The summed E-state index contributed by atoms with van der Waals surface area (Å²) >= 11 is 0. The van der Waals surface area contributed by atoms with Crippen molar-refractivity contribution in [1.29, 1.82) is 0 Å². The molecule has 0 aliphatic rings. The van der Waals surface area contributed by atoms with Gasteiger partial charge in [-0.25, -0.2) is 0 Å². The van der Waals surface area contributed by atoms with Crippen molar-refractivity contribution in [1.82, 2.24) is 4.98 Å². The van der Waals surface area contributed by atoms with E-state index in [1.807, 2.05) is 48.5 Å². The van der Waals surface area contributed by atoms with Crippen LogP contribution in [0.3, 0.4) is 0 Å². The van der Waals surface area contributed by atoms with Crippen LogP contribution in [-0.2, 0) is 6.61 Å². The molecule has 5 heteroatoms. The largest absolute Gasteiger partial charge is 0.494 e. The number of aromatic amines is 1. The highest BCUT2D eigenvalue weighted by Gasteiger charge is 2.17. The number of hydrogen-bond acceptors (Lipinski definition) is 4. The Kier molecular flexibility index (Phi) is 10.0. The Morgan fingerprint density at radius 2 is 1.74 bits per heavy atom. The molecule has 5 nitrogen and oxygen atoms in total. The summed E-state index contributed by atoms with van der Waals surface area (Å²) in [6.07, 6.45) is 8.32. The Labute approximate surface area is 208 Å². The number of rotatable bonds is 13. The molecule has 0 atom stereocenters. The molecule has 0 saturated heterocycles. The topological polar surface area (TPSA) is 60.6 Å². The van der Waals surface area contributed by atoms with E-state index in [0.29, 0.717) is 24.5 Å². The van der Waals surface area contributed by atoms with Gasteiger partial charge in [0.05, 0.1) is 12.1 Å². The number of H-pyrrole nitrogens is 1. The average Bonchev–Trinajstić information content (AvgIpc) is 2.84. The van der Waals surface area contributed by atoms with Gasteiger partial charge in [-0.3, -0.25) is 4.79 Å². The number of fused-ring (bicyclic) bond motifs is 1. The zero-order valence-electron chi connectivity index (χ0n) is 21.4. The number of aromatic nitrogens is 1. The van der Waals surface area contributed by atoms with Crippen LogP contribution in [0.1, 0.15) is 58.9 Å². The predicted molar refractivity (Wildman–Crippen MR) is 144 cm³/mol. The fourth-order valence-electron chi connectivity index (χ4n) is 3.62. The van der Waals surface area contributed by atoms with Crippen LogP contribution in [0, 0.1) is 0 Å². The third-order valence-electron chi connectivity index (χ3n) is 5.64. The number of ether oxygens (including phenoxy) is 3. The molecule has 3 aromatic rings. The summed E-state index contributed by atoms with van der Waals surface area (Å²) in [6, 6.07) is 15.5. The Balaban J connectivity index is 1.87. The maximum atomic E-state index is 13.0. The lowest BCUT2D eigenvalue weighted by Crippen LogP contribution is -2.14. The molecular weight excluding hydrogens is 438 g/mol. The molecule has 0 fully saturated rings. The number of pyridine rings is 1. The van der Waals surface area contributed by atoms with Crippen LogP contribution >= 0.6 is 0 Å². The van der Waals surface area contributed by atoms with E-state index in [9.17, 15) is 4.79 Å². The lowest BCUT2D eigenvalue weighted by molar-refractivity contribution is 0.273. The molecule has 35 heavy (non-hydrogen) atoms. The lowest BCUT2D eigenvalue weighted by Gasteiger charge is -2.15. The minimum atomic E-state index is -0.321. The van der Waals surface area contributed by atoms with Crippen molar-refractivity contribution in [2.45, 2.75) is 60.0 Å². The molecule has 0 unspecified atom stereocenters. The number of allylic oxidation sites excluding steroid dienone is 3. The van der Waals surface area contributed by atoms with Crippen molar-refractivity contribution in [2.75, 3.05) is 13.2 Å². The van der Waals surface area contributed by atoms with Crippen molar-refractivity contribution in [3.05, 3.63) is 87.7 Å². The number of hydrogen-bond donors (Lipinski definition) is 1. The molecule has 2 aromatic carbocycles. The van der Waals surface area contributed by atoms with E-state index in [2.05, 4.69) is 44.8 Å². The van der Waals surface area contributed by atoms with Gasteiger partial charge in [0, 0.05) is 11.5 Å². The Morgan fingerprint density at radius 1 is 0.943 bits per heavy atom. The van der Waals surface area contributed by atoms with Crippen LogP contribution in [0.2, 0.25) is 0 Å². The van der Waals surface area contributed by atoms with Gasteiger partial charge in [-0.1, -0.05) is 60.9 Å². The summed E-state index contributed by atoms with van der Waals surface area (Å²) < 4.78 is 18.0. The molecule has 0 amide bonds. The van der Waals surface area contributed by atoms with Crippen LogP contribution in [0.4, 0.5) is 0 Å². The Hall–Kier alpha value is -3.47. The van der Waals surface area contributed by atoms with Gasteiger partial charge in [-0.2, -0.15) is 0 Å². The van der Waals surface area contributed by atoms with E-state index in [-0.39, 0.29) is 17.9 Å². The van der Waals surface area contributed by atoms with Gasteiger partial charge in [0.15, 0.2) is 5.75 Å². The SMILES string of the molecule is CCCCOc1ccc2c(OC/C=C(\C)CCC=C(C)C)c(OCc3ccccc3)c(=O)[nH]c2c1. The first-order valence-corrected chi connectivity index (χ1v) is 12.4. The fraction of sp³-hybridized carbons (Fsp3) is 0.367. The fourth-order valence-corrected chi connectivity index (χ4v) is 3.62. The standard InChI is InChI=1S/C30H37NO4/c1-5-6-18-33-25-15-16-26-27(20-25)31-30(32)29(35-21-24-13-8-7-9-14-24)28(26)34-19-17-23(4)12-10-11-22(2)3/h7-9,11,13-17,20H,5-6,10,12,18-19,21H2,1-4H3,(H,31,32)/b23-17+. The van der Waals surface area contributed by atoms with E-state index < -0.39 is 0 Å². The molecule has 186 valence electrons. The first-order valence-electron chi connectivity index (χ1n) is 12.4. The molecule has 0 aliphatic heterocycles. The summed E-state index contributed by atoms with van der Waals surface area (Å²) in [7, 11) is 0. The maximum Gasteiger partial charge on any atom is 0.294 e. The molecule has 0 spiro atoms. The highest BCUT2D eigenvalue weighted by molar-refractivity contribution is 5.88. The predicted octanol–water partition coefficient (Wildman–Crippen LogP) is 7.36. The summed E-state index contributed by atoms with van der Waals surface area (Å²) in [6.45, 7) is 9.72. The van der Waals surface area contributed by atoms with Crippen molar-refractivity contribution >= 4 is 10.9 Å². The number of benzene rings is 2. The third kappa shape index (κ3) is 8.06. The maximum absolute atomic E-state index is 13.0. The monoisotopic (exact) mass is 475 g/mol. The van der Waals surface area contributed by atoms with Gasteiger partial charge in [-0.05, 0) is 63.8 Å². The quantitative estimate of drug-likeness (QED) is 0.207. The molecule has 0 radical (unpaired) electrons. The second kappa shape index (κ2) is 13.4. The molecule has 0 aliphatic carbocycles. The third-order valence-corrected chi connectivity index (χ3v) is 5.64. The van der Waals surface area contributed by atoms with E-state index in [4.69, 9.17) is 14.2 Å². The zero-order valence-corrected chi connectivity index (χ0v) is 21.4. The average molecular weight is 476 g/mol. The lowest BCUT2D eigenvalue weighted by atomic mass is 10.1.